The molecule has 2 amide bonds. The summed E-state index contributed by atoms with van der Waals surface area (Å²) in [5.74, 6) is -0.959. The van der Waals surface area contributed by atoms with Gasteiger partial charge in [-0.1, -0.05) is 10.3 Å². The topological polar surface area (TPSA) is 147 Å². The van der Waals surface area contributed by atoms with Crippen LogP contribution in [0.1, 0.15) is 39.4 Å². The summed E-state index contributed by atoms with van der Waals surface area (Å²) in [4.78, 5) is 30.5. The average Bonchev–Trinajstić information content (AvgIpc) is 3.34. The molecule has 3 rings (SSSR count). The molecule has 0 aromatic carbocycles. The second kappa shape index (κ2) is 7.84. The number of likely N-dealkylation sites (tertiary alicyclic amines) is 1. The summed E-state index contributed by atoms with van der Waals surface area (Å²) in [6, 6.07) is 0. The Morgan fingerprint density at radius 3 is 2.59 bits per heavy atom. The number of hydrogen-bond donors (Lipinski definition) is 1. The highest BCUT2D eigenvalue weighted by atomic mass is 16.5. The summed E-state index contributed by atoms with van der Waals surface area (Å²) in [6.45, 7) is 2.39. The number of amides is 2. The van der Waals surface area contributed by atoms with E-state index < -0.39 is 17.7 Å². The van der Waals surface area contributed by atoms with Gasteiger partial charge in [0, 0.05) is 27.3 Å². The van der Waals surface area contributed by atoms with Gasteiger partial charge in [-0.2, -0.15) is 4.98 Å². The SMILES string of the molecule is COCc1noc(C2CN(C(=O)c3noc(C)c3COC)CC2C(N)=O)n1. The minimum atomic E-state index is -0.649. The third-order valence-corrected chi connectivity index (χ3v) is 4.52. The number of primary amides is 1. The third kappa shape index (κ3) is 3.69. The number of ether oxygens (including phenoxy) is 2. The molecule has 0 bridgehead atoms. The van der Waals surface area contributed by atoms with E-state index in [2.05, 4.69) is 15.3 Å². The van der Waals surface area contributed by atoms with E-state index in [0.717, 1.165) is 0 Å². The van der Waals surface area contributed by atoms with Gasteiger partial charge >= 0.3 is 0 Å². The van der Waals surface area contributed by atoms with Crippen molar-refractivity contribution in [2.75, 3.05) is 27.3 Å². The molecule has 2 atom stereocenters. The van der Waals surface area contributed by atoms with E-state index in [-0.39, 0.29) is 43.8 Å². The first-order valence-electron chi connectivity index (χ1n) is 8.30. The minimum Gasteiger partial charge on any atom is -0.380 e. The number of rotatable bonds is 7. The molecule has 1 saturated heterocycles. The quantitative estimate of drug-likeness (QED) is 0.702. The summed E-state index contributed by atoms with van der Waals surface area (Å²) < 4.78 is 20.4. The molecule has 1 fully saturated rings. The van der Waals surface area contributed by atoms with E-state index >= 15 is 0 Å². The monoisotopic (exact) mass is 379 g/mol. The van der Waals surface area contributed by atoms with Crippen LogP contribution in [0.3, 0.4) is 0 Å². The van der Waals surface area contributed by atoms with Crippen LogP contribution in [0.2, 0.25) is 0 Å². The van der Waals surface area contributed by atoms with Crippen LogP contribution in [0.15, 0.2) is 9.05 Å². The van der Waals surface area contributed by atoms with Crippen molar-refractivity contribution in [1.82, 2.24) is 20.2 Å². The first kappa shape index (κ1) is 19.0. The van der Waals surface area contributed by atoms with E-state index in [1.54, 1.807) is 6.92 Å². The van der Waals surface area contributed by atoms with E-state index in [4.69, 9.17) is 24.3 Å². The molecule has 2 unspecified atom stereocenters. The highest BCUT2D eigenvalue weighted by Gasteiger charge is 2.43. The number of aryl methyl sites for hydroxylation is 1. The lowest BCUT2D eigenvalue weighted by atomic mass is 9.95. The fourth-order valence-corrected chi connectivity index (χ4v) is 3.14. The van der Waals surface area contributed by atoms with Crippen molar-refractivity contribution in [3.05, 3.63) is 28.7 Å². The number of carbonyl (C=O) groups excluding carboxylic acids is 2. The Balaban J connectivity index is 1.83. The van der Waals surface area contributed by atoms with Crippen molar-refractivity contribution < 1.29 is 28.1 Å². The van der Waals surface area contributed by atoms with Gasteiger partial charge in [-0.3, -0.25) is 9.59 Å². The Morgan fingerprint density at radius 2 is 1.93 bits per heavy atom. The maximum atomic E-state index is 12.9. The van der Waals surface area contributed by atoms with Gasteiger partial charge in [0.25, 0.3) is 5.91 Å². The minimum absolute atomic E-state index is 0.124. The molecular weight excluding hydrogens is 358 g/mol. The van der Waals surface area contributed by atoms with Gasteiger partial charge in [0.05, 0.1) is 24.0 Å². The van der Waals surface area contributed by atoms with Crippen molar-refractivity contribution >= 4 is 11.8 Å². The second-order valence-electron chi connectivity index (χ2n) is 6.31. The van der Waals surface area contributed by atoms with E-state index in [9.17, 15) is 9.59 Å². The Labute approximate surface area is 154 Å². The molecule has 2 aromatic rings. The summed E-state index contributed by atoms with van der Waals surface area (Å²) in [5, 5.41) is 7.65. The van der Waals surface area contributed by atoms with E-state index in [1.165, 1.54) is 19.1 Å². The second-order valence-corrected chi connectivity index (χ2v) is 6.31. The van der Waals surface area contributed by atoms with Crippen LogP contribution in [0, 0.1) is 12.8 Å². The third-order valence-electron chi connectivity index (χ3n) is 4.52. The zero-order valence-corrected chi connectivity index (χ0v) is 15.3. The standard InChI is InChI=1S/C16H21N5O6/c1-8-11(6-24-2)13(20-26-8)16(23)21-4-9(14(17)22)10(5-21)15-18-12(7-25-3)19-27-15/h9-10H,4-7H2,1-3H3,(H2,17,22). The number of hydrogen-bond acceptors (Lipinski definition) is 9. The Morgan fingerprint density at radius 1 is 1.19 bits per heavy atom. The van der Waals surface area contributed by atoms with E-state index in [1.807, 2.05) is 0 Å². The van der Waals surface area contributed by atoms with Crippen molar-refractivity contribution in [3.63, 3.8) is 0 Å². The lowest BCUT2D eigenvalue weighted by Crippen LogP contribution is -2.32. The van der Waals surface area contributed by atoms with Gasteiger partial charge in [0.15, 0.2) is 11.5 Å². The zero-order chi connectivity index (χ0) is 19.6. The van der Waals surface area contributed by atoms with Gasteiger partial charge in [0.2, 0.25) is 11.8 Å². The maximum Gasteiger partial charge on any atom is 0.276 e. The fraction of sp³-hybridized carbons (Fsp3) is 0.562. The van der Waals surface area contributed by atoms with Crippen LogP contribution in [0.5, 0.6) is 0 Å². The van der Waals surface area contributed by atoms with Gasteiger partial charge in [0.1, 0.15) is 12.4 Å². The molecule has 11 nitrogen and oxygen atoms in total. The molecule has 1 aliphatic heterocycles. The summed E-state index contributed by atoms with van der Waals surface area (Å²) in [6.07, 6.45) is 0. The Hall–Kier alpha value is -2.79. The number of aromatic nitrogens is 3. The molecule has 0 spiro atoms. The van der Waals surface area contributed by atoms with Crippen LogP contribution < -0.4 is 5.73 Å². The number of nitrogens with two attached hydrogens (primary N) is 1. The molecule has 11 heteroatoms. The van der Waals surface area contributed by atoms with Gasteiger partial charge in [-0.15, -0.1) is 0 Å². The number of methoxy groups -OCH3 is 2. The molecule has 1 aliphatic rings. The molecule has 0 radical (unpaired) electrons. The van der Waals surface area contributed by atoms with Crippen molar-refractivity contribution in [2.45, 2.75) is 26.1 Å². The maximum absolute atomic E-state index is 12.9. The molecule has 3 heterocycles. The van der Waals surface area contributed by atoms with Crippen molar-refractivity contribution in [1.29, 1.82) is 0 Å². The molecular formula is C16H21N5O6. The predicted molar refractivity (Wildman–Crippen MR) is 88.3 cm³/mol. The summed E-state index contributed by atoms with van der Waals surface area (Å²) in [5.41, 5.74) is 6.26. The predicted octanol–water partition coefficient (Wildman–Crippen LogP) is -0.0000800. The van der Waals surface area contributed by atoms with Crippen molar-refractivity contribution in [2.24, 2.45) is 11.7 Å². The van der Waals surface area contributed by atoms with Crippen molar-refractivity contribution in [3.8, 4) is 0 Å². The van der Waals surface area contributed by atoms with Crippen LogP contribution in [0.25, 0.3) is 0 Å². The van der Waals surface area contributed by atoms with Gasteiger partial charge in [-0.25, -0.2) is 0 Å². The fourth-order valence-electron chi connectivity index (χ4n) is 3.14. The largest absolute Gasteiger partial charge is 0.380 e. The highest BCUT2D eigenvalue weighted by Crippen LogP contribution is 2.33. The van der Waals surface area contributed by atoms with Crippen LogP contribution in [0.4, 0.5) is 0 Å². The number of nitrogens with zero attached hydrogens (tertiary/aromatic N) is 4. The molecule has 146 valence electrons. The van der Waals surface area contributed by atoms with E-state index in [0.29, 0.717) is 17.1 Å². The highest BCUT2D eigenvalue weighted by molar-refractivity contribution is 5.94. The summed E-state index contributed by atoms with van der Waals surface area (Å²) >= 11 is 0. The lowest BCUT2D eigenvalue weighted by Gasteiger charge is -2.14. The molecule has 0 aliphatic carbocycles. The molecule has 2 N–H and O–H groups in total. The Bertz CT molecular complexity index is 831. The summed E-state index contributed by atoms with van der Waals surface area (Å²) in [7, 11) is 3.03. The van der Waals surface area contributed by atoms with Crippen LogP contribution >= 0.6 is 0 Å². The first-order chi connectivity index (χ1) is 13.0. The lowest BCUT2D eigenvalue weighted by molar-refractivity contribution is -0.121. The zero-order valence-electron chi connectivity index (χ0n) is 15.3. The van der Waals surface area contributed by atoms with Gasteiger partial charge in [-0.05, 0) is 6.92 Å². The Kier molecular flexibility index (Phi) is 5.51. The van der Waals surface area contributed by atoms with Crippen LogP contribution in [-0.4, -0.2) is 59.3 Å². The molecule has 0 saturated carbocycles. The number of carbonyl (C=O) groups is 2. The smallest absolute Gasteiger partial charge is 0.276 e. The normalized spacial score (nSPS) is 19.6. The molecule has 27 heavy (non-hydrogen) atoms. The van der Waals surface area contributed by atoms with Crippen LogP contribution in [-0.2, 0) is 27.5 Å². The molecule has 2 aromatic heterocycles. The first-order valence-corrected chi connectivity index (χ1v) is 8.30. The average molecular weight is 379 g/mol. The van der Waals surface area contributed by atoms with Gasteiger partial charge < -0.3 is 29.2 Å².